The molecule has 25 heavy (non-hydrogen) atoms. The molecule has 2 N–H and O–H groups in total. The number of aliphatic hydroxyl groups is 1. The molecule has 2 heterocycles. The fraction of sp³-hybridized carbons (Fsp3) is 0.600. The summed E-state index contributed by atoms with van der Waals surface area (Å²) in [6.45, 7) is 7.20. The fourth-order valence-corrected chi connectivity index (χ4v) is 3.29. The van der Waals surface area contributed by atoms with E-state index in [0.29, 0.717) is 19.1 Å². The molecule has 1 aliphatic carbocycles. The molecule has 1 unspecified atom stereocenters. The van der Waals surface area contributed by atoms with E-state index in [-0.39, 0.29) is 5.92 Å². The molecule has 0 saturated heterocycles. The summed E-state index contributed by atoms with van der Waals surface area (Å²) in [6.07, 6.45) is 8.96. The van der Waals surface area contributed by atoms with E-state index in [9.17, 15) is 5.11 Å². The van der Waals surface area contributed by atoms with E-state index in [0.717, 1.165) is 17.0 Å². The SMILES string of the molecule is CC(C)C(C)(O)CNCc1cn(C2CCCC2)nc1-c1ccccn1. The van der Waals surface area contributed by atoms with Gasteiger partial charge in [0, 0.05) is 31.0 Å². The van der Waals surface area contributed by atoms with E-state index in [1.807, 2.05) is 45.2 Å². The van der Waals surface area contributed by atoms with Crippen molar-refractivity contribution < 1.29 is 5.11 Å². The highest BCUT2D eigenvalue weighted by atomic mass is 16.3. The van der Waals surface area contributed by atoms with E-state index < -0.39 is 5.60 Å². The summed E-state index contributed by atoms with van der Waals surface area (Å²) in [5, 5.41) is 18.7. The molecule has 0 bridgehead atoms. The molecule has 0 aromatic carbocycles. The van der Waals surface area contributed by atoms with Crippen molar-refractivity contribution in [2.24, 2.45) is 5.92 Å². The summed E-state index contributed by atoms with van der Waals surface area (Å²) in [5.41, 5.74) is 2.29. The van der Waals surface area contributed by atoms with Crippen LogP contribution in [0.2, 0.25) is 0 Å². The van der Waals surface area contributed by atoms with Crippen LogP contribution in [0.1, 0.15) is 58.1 Å². The summed E-state index contributed by atoms with van der Waals surface area (Å²) in [7, 11) is 0. The molecule has 0 radical (unpaired) electrons. The van der Waals surface area contributed by atoms with Crippen molar-refractivity contribution in [1.82, 2.24) is 20.1 Å². The molecule has 5 heteroatoms. The first kappa shape index (κ1) is 18.1. The molecule has 1 saturated carbocycles. The molecule has 1 atom stereocenters. The molecule has 0 amide bonds. The molecule has 136 valence electrons. The Kier molecular flexibility index (Phi) is 5.54. The maximum absolute atomic E-state index is 10.4. The van der Waals surface area contributed by atoms with Crippen molar-refractivity contribution in [3.63, 3.8) is 0 Å². The summed E-state index contributed by atoms with van der Waals surface area (Å²) in [6, 6.07) is 6.44. The Morgan fingerprint density at radius 3 is 2.72 bits per heavy atom. The molecule has 0 aliphatic heterocycles. The average molecular weight is 342 g/mol. The number of pyridine rings is 1. The third-order valence-electron chi connectivity index (χ3n) is 5.46. The van der Waals surface area contributed by atoms with E-state index in [4.69, 9.17) is 5.10 Å². The van der Waals surface area contributed by atoms with E-state index in [1.165, 1.54) is 25.7 Å². The molecule has 1 fully saturated rings. The lowest BCUT2D eigenvalue weighted by Gasteiger charge is -2.27. The molecule has 5 nitrogen and oxygen atoms in total. The van der Waals surface area contributed by atoms with Gasteiger partial charge in [-0.3, -0.25) is 9.67 Å². The summed E-state index contributed by atoms with van der Waals surface area (Å²) in [5.74, 6) is 0.205. The highest BCUT2D eigenvalue weighted by Gasteiger charge is 2.25. The molecule has 2 aromatic rings. The predicted octanol–water partition coefficient (Wildman–Crippen LogP) is 3.56. The van der Waals surface area contributed by atoms with Gasteiger partial charge in [0.05, 0.1) is 17.3 Å². The Morgan fingerprint density at radius 1 is 1.32 bits per heavy atom. The van der Waals surface area contributed by atoms with Gasteiger partial charge in [-0.25, -0.2) is 0 Å². The van der Waals surface area contributed by atoms with Crippen molar-refractivity contribution in [2.45, 2.75) is 64.6 Å². The second-order valence-electron chi connectivity index (χ2n) is 7.75. The normalized spacial score (nSPS) is 18.0. The number of hydrogen-bond donors (Lipinski definition) is 2. The Bertz CT molecular complexity index is 672. The van der Waals surface area contributed by atoms with Crippen LogP contribution in [0, 0.1) is 5.92 Å². The first-order valence-corrected chi connectivity index (χ1v) is 9.40. The standard InChI is InChI=1S/C20H30N4O/c1-15(2)20(3,25)14-21-12-16-13-24(17-8-4-5-9-17)23-19(16)18-10-6-7-11-22-18/h6-7,10-11,13,15,17,21,25H,4-5,8-9,12,14H2,1-3H3. The van der Waals surface area contributed by atoms with Gasteiger partial charge in [0.1, 0.15) is 5.69 Å². The fourth-order valence-electron chi connectivity index (χ4n) is 3.29. The largest absolute Gasteiger partial charge is 0.389 e. The van der Waals surface area contributed by atoms with Crippen LogP contribution in [-0.2, 0) is 6.54 Å². The third kappa shape index (κ3) is 4.28. The number of nitrogens with one attached hydrogen (secondary N) is 1. The Balaban J connectivity index is 1.79. The zero-order valence-corrected chi connectivity index (χ0v) is 15.6. The van der Waals surface area contributed by atoms with Crippen LogP contribution in [0.5, 0.6) is 0 Å². The topological polar surface area (TPSA) is 63.0 Å². The molecular weight excluding hydrogens is 312 g/mol. The van der Waals surface area contributed by atoms with Crippen LogP contribution in [-0.4, -0.2) is 32.0 Å². The van der Waals surface area contributed by atoms with Gasteiger partial charge in [-0.1, -0.05) is 32.8 Å². The molecular formula is C20H30N4O. The maximum Gasteiger partial charge on any atom is 0.115 e. The predicted molar refractivity (Wildman–Crippen MR) is 100 cm³/mol. The average Bonchev–Trinajstić information content (AvgIpc) is 3.25. The van der Waals surface area contributed by atoms with Crippen LogP contribution in [0.3, 0.4) is 0 Å². The number of rotatable bonds is 7. The minimum absolute atomic E-state index is 0.205. The minimum Gasteiger partial charge on any atom is -0.389 e. The smallest absolute Gasteiger partial charge is 0.115 e. The van der Waals surface area contributed by atoms with Gasteiger partial charge in [0.2, 0.25) is 0 Å². The number of hydrogen-bond acceptors (Lipinski definition) is 4. The molecule has 1 aliphatic rings. The van der Waals surface area contributed by atoms with Gasteiger partial charge in [-0.2, -0.15) is 5.10 Å². The van der Waals surface area contributed by atoms with Gasteiger partial charge >= 0.3 is 0 Å². The van der Waals surface area contributed by atoms with E-state index in [1.54, 1.807) is 0 Å². The molecule has 2 aromatic heterocycles. The quantitative estimate of drug-likeness (QED) is 0.808. The first-order chi connectivity index (χ1) is 12.0. The zero-order valence-electron chi connectivity index (χ0n) is 15.6. The van der Waals surface area contributed by atoms with Crippen LogP contribution < -0.4 is 5.32 Å². The Hall–Kier alpha value is -1.72. The van der Waals surface area contributed by atoms with Gasteiger partial charge < -0.3 is 10.4 Å². The van der Waals surface area contributed by atoms with Crippen LogP contribution >= 0.6 is 0 Å². The number of aromatic nitrogens is 3. The summed E-state index contributed by atoms with van der Waals surface area (Å²) in [4.78, 5) is 4.48. The lowest BCUT2D eigenvalue weighted by molar-refractivity contribution is 0.0140. The van der Waals surface area contributed by atoms with Gasteiger partial charge in [-0.15, -0.1) is 0 Å². The third-order valence-corrected chi connectivity index (χ3v) is 5.46. The van der Waals surface area contributed by atoms with Crippen molar-refractivity contribution in [3.8, 4) is 11.4 Å². The minimum atomic E-state index is -0.716. The lowest BCUT2D eigenvalue weighted by Crippen LogP contribution is -2.41. The van der Waals surface area contributed by atoms with Gasteiger partial charge in [-0.05, 0) is 37.8 Å². The highest BCUT2D eigenvalue weighted by molar-refractivity contribution is 5.58. The Labute approximate surface area is 150 Å². The summed E-state index contributed by atoms with van der Waals surface area (Å²) >= 11 is 0. The van der Waals surface area contributed by atoms with Crippen LogP contribution in [0.25, 0.3) is 11.4 Å². The first-order valence-electron chi connectivity index (χ1n) is 9.40. The van der Waals surface area contributed by atoms with Crippen molar-refractivity contribution in [1.29, 1.82) is 0 Å². The Morgan fingerprint density at radius 2 is 2.08 bits per heavy atom. The van der Waals surface area contributed by atoms with Crippen LogP contribution in [0.4, 0.5) is 0 Å². The lowest BCUT2D eigenvalue weighted by atomic mass is 9.92. The second-order valence-corrected chi connectivity index (χ2v) is 7.75. The number of nitrogens with zero attached hydrogens (tertiary/aromatic N) is 3. The van der Waals surface area contributed by atoms with Crippen molar-refractivity contribution >= 4 is 0 Å². The maximum atomic E-state index is 10.4. The molecule has 3 rings (SSSR count). The van der Waals surface area contributed by atoms with E-state index in [2.05, 4.69) is 21.2 Å². The van der Waals surface area contributed by atoms with Gasteiger partial charge in [0.25, 0.3) is 0 Å². The van der Waals surface area contributed by atoms with Crippen molar-refractivity contribution in [3.05, 3.63) is 36.2 Å². The van der Waals surface area contributed by atoms with Crippen LogP contribution in [0.15, 0.2) is 30.6 Å². The highest BCUT2D eigenvalue weighted by Crippen LogP contribution is 2.31. The second kappa shape index (κ2) is 7.67. The van der Waals surface area contributed by atoms with Gasteiger partial charge in [0.15, 0.2) is 0 Å². The van der Waals surface area contributed by atoms with E-state index >= 15 is 0 Å². The monoisotopic (exact) mass is 342 g/mol. The summed E-state index contributed by atoms with van der Waals surface area (Å²) < 4.78 is 2.13. The molecule has 0 spiro atoms. The van der Waals surface area contributed by atoms with Crippen molar-refractivity contribution in [2.75, 3.05) is 6.54 Å². The zero-order chi connectivity index (χ0) is 17.9.